The highest BCUT2D eigenvalue weighted by molar-refractivity contribution is 5.82. The Morgan fingerprint density at radius 3 is 2.75 bits per heavy atom. The van der Waals surface area contributed by atoms with Gasteiger partial charge in [0.15, 0.2) is 5.82 Å². The Bertz CT molecular complexity index is 554. The van der Waals surface area contributed by atoms with Crippen molar-refractivity contribution in [2.75, 3.05) is 0 Å². The van der Waals surface area contributed by atoms with Crippen LogP contribution in [-0.4, -0.2) is 37.7 Å². The molecule has 0 saturated heterocycles. The molecular formula is C12H16N6O2. The van der Waals surface area contributed by atoms with Crippen LogP contribution in [0.3, 0.4) is 0 Å². The number of tetrazole rings is 1. The lowest BCUT2D eigenvalue weighted by Gasteiger charge is -2.15. The third kappa shape index (κ3) is 3.51. The number of hydrogen-bond donors (Lipinski definition) is 4. The zero-order valence-corrected chi connectivity index (χ0v) is 10.9. The number of rotatable bonds is 5. The molecule has 0 bridgehead atoms. The van der Waals surface area contributed by atoms with Crippen LogP contribution in [0.2, 0.25) is 0 Å². The normalized spacial score (nSPS) is 13.7. The van der Waals surface area contributed by atoms with Gasteiger partial charge in [-0.1, -0.05) is 17.3 Å². The zero-order chi connectivity index (χ0) is 14.5. The van der Waals surface area contributed by atoms with Crippen molar-refractivity contribution in [2.45, 2.75) is 25.4 Å². The van der Waals surface area contributed by atoms with Crippen molar-refractivity contribution in [3.8, 4) is 5.75 Å². The molecule has 0 saturated carbocycles. The van der Waals surface area contributed by atoms with E-state index in [-0.39, 0.29) is 17.7 Å². The van der Waals surface area contributed by atoms with E-state index in [4.69, 9.17) is 5.73 Å². The number of aromatic hydroxyl groups is 1. The Balaban J connectivity index is 1.90. The van der Waals surface area contributed by atoms with Crippen LogP contribution in [0, 0.1) is 0 Å². The monoisotopic (exact) mass is 276 g/mol. The van der Waals surface area contributed by atoms with Crippen molar-refractivity contribution >= 4 is 5.91 Å². The van der Waals surface area contributed by atoms with Crippen LogP contribution in [0.25, 0.3) is 0 Å². The standard InChI is InChI=1S/C12H16N6O2/c1-7(11-15-17-18-16-11)14-12(20)10(13)6-8-2-4-9(19)5-3-8/h2-5,7,10,19H,6,13H2,1H3,(H,14,20)(H,15,16,17,18)/t7?,10-/m0/s1. The van der Waals surface area contributed by atoms with Crippen molar-refractivity contribution in [1.82, 2.24) is 25.9 Å². The van der Waals surface area contributed by atoms with Gasteiger partial charge in [-0.3, -0.25) is 4.79 Å². The molecule has 2 atom stereocenters. The molecule has 0 fully saturated rings. The van der Waals surface area contributed by atoms with E-state index < -0.39 is 6.04 Å². The number of phenols is 1. The lowest BCUT2D eigenvalue weighted by Crippen LogP contribution is -2.43. The molecule has 2 aromatic rings. The first-order valence-electron chi connectivity index (χ1n) is 6.13. The number of amides is 1. The summed E-state index contributed by atoms with van der Waals surface area (Å²) in [4.78, 5) is 11.9. The predicted molar refractivity (Wildman–Crippen MR) is 70.5 cm³/mol. The minimum Gasteiger partial charge on any atom is -0.508 e. The maximum Gasteiger partial charge on any atom is 0.237 e. The van der Waals surface area contributed by atoms with E-state index in [0.717, 1.165) is 5.56 Å². The Labute approximate surface area is 115 Å². The Kier molecular flexibility index (Phi) is 4.26. The number of phenolic OH excluding ortho intramolecular Hbond substituents is 1. The average Bonchev–Trinajstić information content (AvgIpc) is 2.95. The van der Waals surface area contributed by atoms with Gasteiger partial charge in [-0.05, 0) is 31.0 Å². The second kappa shape index (κ2) is 6.11. The van der Waals surface area contributed by atoms with Gasteiger partial charge in [0, 0.05) is 0 Å². The minimum atomic E-state index is -0.686. The number of carbonyl (C=O) groups excluding carboxylic acids is 1. The summed E-state index contributed by atoms with van der Waals surface area (Å²) in [5.41, 5.74) is 6.72. The van der Waals surface area contributed by atoms with Crippen LogP contribution < -0.4 is 11.1 Å². The molecule has 5 N–H and O–H groups in total. The third-order valence-corrected chi connectivity index (χ3v) is 2.84. The highest BCUT2D eigenvalue weighted by Crippen LogP contribution is 2.11. The molecule has 1 aromatic heterocycles. The SMILES string of the molecule is CC(NC(=O)[C@@H](N)Cc1ccc(O)cc1)c1nn[nH]n1. The van der Waals surface area contributed by atoms with Gasteiger partial charge in [-0.15, -0.1) is 10.2 Å². The van der Waals surface area contributed by atoms with E-state index >= 15 is 0 Å². The third-order valence-electron chi connectivity index (χ3n) is 2.84. The van der Waals surface area contributed by atoms with Crippen molar-refractivity contribution in [3.05, 3.63) is 35.7 Å². The van der Waals surface area contributed by atoms with Crippen molar-refractivity contribution in [1.29, 1.82) is 0 Å². The fourth-order valence-electron chi connectivity index (χ4n) is 1.72. The maximum atomic E-state index is 11.9. The van der Waals surface area contributed by atoms with Gasteiger partial charge in [0.25, 0.3) is 0 Å². The molecular weight excluding hydrogens is 260 g/mol. The van der Waals surface area contributed by atoms with Crippen molar-refractivity contribution in [2.24, 2.45) is 5.73 Å². The van der Waals surface area contributed by atoms with Crippen LogP contribution in [0.15, 0.2) is 24.3 Å². The van der Waals surface area contributed by atoms with Crippen molar-refractivity contribution < 1.29 is 9.90 Å². The van der Waals surface area contributed by atoms with E-state index in [9.17, 15) is 9.90 Å². The molecule has 0 aliphatic rings. The van der Waals surface area contributed by atoms with Crippen LogP contribution in [-0.2, 0) is 11.2 Å². The number of nitrogens with two attached hydrogens (primary N) is 1. The number of benzene rings is 1. The summed E-state index contributed by atoms with van der Waals surface area (Å²) in [7, 11) is 0. The lowest BCUT2D eigenvalue weighted by molar-refractivity contribution is -0.123. The van der Waals surface area contributed by atoms with Gasteiger partial charge in [-0.2, -0.15) is 5.21 Å². The molecule has 1 aromatic carbocycles. The smallest absolute Gasteiger partial charge is 0.237 e. The molecule has 0 radical (unpaired) electrons. The van der Waals surface area contributed by atoms with Gasteiger partial charge in [0.2, 0.25) is 5.91 Å². The summed E-state index contributed by atoms with van der Waals surface area (Å²) in [5, 5.41) is 25.2. The fourth-order valence-corrected chi connectivity index (χ4v) is 1.72. The molecule has 8 nitrogen and oxygen atoms in total. The average molecular weight is 276 g/mol. The van der Waals surface area contributed by atoms with Gasteiger partial charge >= 0.3 is 0 Å². The van der Waals surface area contributed by atoms with Crippen LogP contribution in [0.5, 0.6) is 5.75 Å². The number of aromatic nitrogens is 4. The number of nitrogens with zero attached hydrogens (tertiary/aromatic N) is 3. The second-order valence-corrected chi connectivity index (χ2v) is 4.48. The highest BCUT2D eigenvalue weighted by atomic mass is 16.3. The van der Waals surface area contributed by atoms with Gasteiger partial charge in [0.05, 0.1) is 12.1 Å². The molecule has 1 heterocycles. The summed E-state index contributed by atoms with van der Waals surface area (Å²) < 4.78 is 0. The summed E-state index contributed by atoms with van der Waals surface area (Å²) in [6.07, 6.45) is 0.380. The molecule has 20 heavy (non-hydrogen) atoms. The van der Waals surface area contributed by atoms with Crippen LogP contribution in [0.4, 0.5) is 0 Å². The Morgan fingerprint density at radius 1 is 1.45 bits per heavy atom. The molecule has 1 unspecified atom stereocenters. The van der Waals surface area contributed by atoms with Gasteiger partial charge < -0.3 is 16.2 Å². The quantitative estimate of drug-likeness (QED) is 0.590. The summed E-state index contributed by atoms with van der Waals surface area (Å²) in [5.74, 6) is 0.281. The molecule has 2 rings (SSSR count). The lowest BCUT2D eigenvalue weighted by atomic mass is 10.1. The first kappa shape index (κ1) is 13.9. The number of carbonyl (C=O) groups is 1. The molecule has 106 valence electrons. The number of aromatic amines is 1. The van der Waals surface area contributed by atoms with E-state index in [1.807, 2.05) is 0 Å². The topological polar surface area (TPSA) is 130 Å². The predicted octanol–water partition coefficient (Wildman–Crippen LogP) is -0.348. The van der Waals surface area contributed by atoms with Gasteiger partial charge in [-0.25, -0.2) is 0 Å². The number of hydrogen-bond acceptors (Lipinski definition) is 6. The van der Waals surface area contributed by atoms with Crippen LogP contribution >= 0.6 is 0 Å². The van der Waals surface area contributed by atoms with E-state index in [1.54, 1.807) is 31.2 Å². The molecule has 0 aliphatic heterocycles. The zero-order valence-electron chi connectivity index (χ0n) is 10.9. The number of H-pyrrole nitrogens is 1. The maximum absolute atomic E-state index is 11.9. The minimum absolute atomic E-state index is 0.178. The molecule has 1 amide bonds. The van der Waals surface area contributed by atoms with E-state index in [0.29, 0.717) is 12.2 Å². The van der Waals surface area contributed by atoms with Crippen LogP contribution in [0.1, 0.15) is 24.4 Å². The fraction of sp³-hybridized carbons (Fsp3) is 0.333. The largest absolute Gasteiger partial charge is 0.508 e. The Hall–Kier alpha value is -2.48. The molecule has 8 heteroatoms. The Morgan fingerprint density at radius 2 is 2.15 bits per heavy atom. The van der Waals surface area contributed by atoms with E-state index in [2.05, 4.69) is 25.9 Å². The summed E-state index contributed by atoms with van der Waals surface area (Å²) in [6.45, 7) is 1.75. The van der Waals surface area contributed by atoms with Gasteiger partial charge in [0.1, 0.15) is 5.75 Å². The molecule has 0 spiro atoms. The summed E-state index contributed by atoms with van der Waals surface area (Å²) >= 11 is 0. The summed E-state index contributed by atoms with van der Waals surface area (Å²) in [6, 6.07) is 5.51. The van der Waals surface area contributed by atoms with Crippen molar-refractivity contribution in [3.63, 3.8) is 0 Å². The first-order chi connectivity index (χ1) is 9.56. The van der Waals surface area contributed by atoms with E-state index in [1.165, 1.54) is 0 Å². The highest BCUT2D eigenvalue weighted by Gasteiger charge is 2.19. The number of nitrogens with one attached hydrogen (secondary N) is 2. The molecule has 0 aliphatic carbocycles. The first-order valence-corrected chi connectivity index (χ1v) is 6.13. The second-order valence-electron chi connectivity index (χ2n) is 4.48.